The fraction of sp³-hybridized carbons (Fsp3) is 0.333. The molecule has 1 atom stereocenters. The van der Waals surface area contributed by atoms with Crippen LogP contribution in [-0.4, -0.2) is 36.4 Å². The largest absolute Gasteiger partial charge is 0.493 e. The van der Waals surface area contributed by atoms with E-state index in [1.807, 2.05) is 18.2 Å². The van der Waals surface area contributed by atoms with Crippen LogP contribution < -0.4 is 10.5 Å². The molecule has 2 aromatic carbocycles. The maximum Gasteiger partial charge on any atom is 0.256 e. The molecule has 28 heavy (non-hydrogen) atoms. The molecule has 1 saturated heterocycles. The van der Waals surface area contributed by atoms with E-state index in [1.165, 1.54) is 4.90 Å². The zero-order valence-corrected chi connectivity index (χ0v) is 15.4. The van der Waals surface area contributed by atoms with Gasteiger partial charge in [-0.2, -0.15) is 0 Å². The second-order valence-electron chi connectivity index (χ2n) is 7.20. The molecule has 2 aromatic rings. The normalized spacial score (nSPS) is 19.3. The van der Waals surface area contributed by atoms with Gasteiger partial charge >= 0.3 is 0 Å². The lowest BCUT2D eigenvalue weighted by Gasteiger charge is -2.42. The number of primary amides is 1. The smallest absolute Gasteiger partial charge is 0.256 e. The lowest BCUT2D eigenvalue weighted by atomic mass is 9.77. The summed E-state index contributed by atoms with van der Waals surface area (Å²) < 4.78 is 33.0. The number of amides is 2. The van der Waals surface area contributed by atoms with Crippen molar-refractivity contribution in [2.45, 2.75) is 19.3 Å². The predicted octanol–water partition coefficient (Wildman–Crippen LogP) is 3.14. The monoisotopic (exact) mass is 388 g/mol. The van der Waals surface area contributed by atoms with Crippen LogP contribution in [0.3, 0.4) is 0 Å². The highest BCUT2D eigenvalue weighted by molar-refractivity contribution is 5.94. The van der Waals surface area contributed by atoms with Crippen molar-refractivity contribution in [3.05, 3.63) is 65.7 Å². The molecule has 1 fully saturated rings. The Morgan fingerprint density at radius 2 is 1.89 bits per heavy atom. The number of benzene rings is 2. The zero-order valence-electron chi connectivity index (χ0n) is 15.4. The first-order chi connectivity index (χ1) is 13.4. The standard InChI is InChI=1S/C21H22F2N2O3/c22-15-7-8-17(18(23)11-15)20(27)25-10-4-9-21(13-25,12-19(24)26)14-28-16-5-2-1-3-6-16/h1-3,5-8,11H,4,9-10,12-14H2,(H2,24,26). The third-order valence-electron chi connectivity index (χ3n) is 4.95. The Balaban J connectivity index is 1.79. The molecular weight excluding hydrogens is 366 g/mol. The summed E-state index contributed by atoms with van der Waals surface area (Å²) >= 11 is 0. The molecule has 0 aromatic heterocycles. The summed E-state index contributed by atoms with van der Waals surface area (Å²) in [7, 11) is 0. The molecule has 0 bridgehead atoms. The first-order valence-corrected chi connectivity index (χ1v) is 9.09. The molecule has 1 heterocycles. The van der Waals surface area contributed by atoms with E-state index < -0.39 is 28.9 Å². The Labute approximate surface area is 162 Å². The van der Waals surface area contributed by atoms with Gasteiger partial charge in [-0.1, -0.05) is 18.2 Å². The van der Waals surface area contributed by atoms with Crippen molar-refractivity contribution in [2.75, 3.05) is 19.7 Å². The summed E-state index contributed by atoms with van der Waals surface area (Å²) in [5.74, 6) is -2.02. The SMILES string of the molecule is NC(=O)CC1(COc2ccccc2)CCCN(C(=O)c2ccc(F)cc2F)C1. The first kappa shape index (κ1) is 19.8. The van der Waals surface area contributed by atoms with Gasteiger partial charge in [0.1, 0.15) is 17.4 Å². The molecular formula is C21H22F2N2O3. The quantitative estimate of drug-likeness (QED) is 0.826. The maximum atomic E-state index is 14.0. The van der Waals surface area contributed by atoms with Crippen molar-refractivity contribution in [2.24, 2.45) is 11.1 Å². The van der Waals surface area contributed by atoms with Gasteiger partial charge in [0.15, 0.2) is 0 Å². The summed E-state index contributed by atoms with van der Waals surface area (Å²) in [4.78, 5) is 26.0. The van der Waals surface area contributed by atoms with Crippen LogP contribution in [0.5, 0.6) is 5.75 Å². The number of carbonyl (C=O) groups excluding carboxylic acids is 2. The number of hydrogen-bond acceptors (Lipinski definition) is 3. The highest BCUT2D eigenvalue weighted by atomic mass is 19.1. The average molecular weight is 388 g/mol. The van der Waals surface area contributed by atoms with Gasteiger partial charge in [-0.25, -0.2) is 8.78 Å². The van der Waals surface area contributed by atoms with E-state index in [2.05, 4.69) is 0 Å². The minimum atomic E-state index is -0.906. The molecule has 148 valence electrons. The molecule has 1 aliphatic rings. The second-order valence-corrected chi connectivity index (χ2v) is 7.20. The van der Waals surface area contributed by atoms with Gasteiger partial charge in [0.2, 0.25) is 5.91 Å². The molecule has 0 radical (unpaired) electrons. The summed E-state index contributed by atoms with van der Waals surface area (Å²) in [5.41, 5.74) is 4.60. The van der Waals surface area contributed by atoms with Crippen LogP contribution in [0, 0.1) is 17.0 Å². The van der Waals surface area contributed by atoms with Crippen molar-refractivity contribution in [3.63, 3.8) is 0 Å². The predicted molar refractivity (Wildman–Crippen MR) is 99.7 cm³/mol. The molecule has 0 aliphatic carbocycles. The minimum absolute atomic E-state index is 0.0511. The summed E-state index contributed by atoms with van der Waals surface area (Å²) in [6.07, 6.45) is 1.33. The third-order valence-corrected chi connectivity index (χ3v) is 4.95. The van der Waals surface area contributed by atoms with Crippen LogP contribution in [0.4, 0.5) is 8.78 Å². The molecule has 0 saturated carbocycles. The van der Waals surface area contributed by atoms with E-state index in [0.717, 1.165) is 12.1 Å². The van der Waals surface area contributed by atoms with Gasteiger partial charge in [0.25, 0.3) is 5.91 Å². The van der Waals surface area contributed by atoms with Crippen molar-refractivity contribution in [1.82, 2.24) is 4.90 Å². The maximum absolute atomic E-state index is 14.0. The minimum Gasteiger partial charge on any atom is -0.493 e. The molecule has 5 nitrogen and oxygen atoms in total. The number of piperidine rings is 1. The summed E-state index contributed by atoms with van der Waals surface area (Å²) in [6, 6.07) is 12.0. The van der Waals surface area contributed by atoms with Crippen LogP contribution in [0.1, 0.15) is 29.6 Å². The van der Waals surface area contributed by atoms with Crippen molar-refractivity contribution in [3.8, 4) is 5.75 Å². The summed E-state index contributed by atoms with van der Waals surface area (Å²) in [6.45, 7) is 0.829. The number of nitrogens with two attached hydrogens (primary N) is 1. The Kier molecular flexibility index (Phi) is 5.92. The number of rotatable bonds is 6. The number of para-hydroxylation sites is 1. The fourth-order valence-electron chi connectivity index (χ4n) is 3.65. The Morgan fingerprint density at radius 1 is 1.14 bits per heavy atom. The highest BCUT2D eigenvalue weighted by Gasteiger charge is 2.40. The number of ether oxygens (including phenoxy) is 1. The third kappa shape index (κ3) is 4.65. The van der Waals surface area contributed by atoms with E-state index in [0.29, 0.717) is 31.2 Å². The topological polar surface area (TPSA) is 72.6 Å². The number of hydrogen-bond donors (Lipinski definition) is 1. The number of nitrogens with zero attached hydrogens (tertiary/aromatic N) is 1. The average Bonchev–Trinajstić information content (AvgIpc) is 2.66. The number of likely N-dealkylation sites (tertiary alicyclic amines) is 1. The van der Waals surface area contributed by atoms with Crippen LogP contribution in [0.15, 0.2) is 48.5 Å². The molecule has 1 unspecified atom stereocenters. The zero-order chi connectivity index (χ0) is 20.1. The lowest BCUT2D eigenvalue weighted by molar-refractivity contribution is -0.122. The van der Waals surface area contributed by atoms with Crippen molar-refractivity contribution < 1.29 is 23.1 Å². The lowest BCUT2D eigenvalue weighted by Crippen LogP contribution is -2.50. The van der Waals surface area contributed by atoms with Gasteiger partial charge in [0.05, 0.1) is 12.2 Å². The second kappa shape index (κ2) is 8.37. The first-order valence-electron chi connectivity index (χ1n) is 9.09. The molecule has 2 N–H and O–H groups in total. The van der Waals surface area contributed by atoms with Crippen LogP contribution in [0.25, 0.3) is 0 Å². The Bertz CT molecular complexity index is 860. The Hall–Kier alpha value is -2.96. The van der Waals surface area contributed by atoms with E-state index in [1.54, 1.807) is 12.1 Å². The van der Waals surface area contributed by atoms with Crippen LogP contribution >= 0.6 is 0 Å². The van der Waals surface area contributed by atoms with Crippen LogP contribution in [0.2, 0.25) is 0 Å². The fourth-order valence-corrected chi connectivity index (χ4v) is 3.65. The molecule has 2 amide bonds. The van der Waals surface area contributed by atoms with Gasteiger partial charge in [-0.15, -0.1) is 0 Å². The van der Waals surface area contributed by atoms with E-state index >= 15 is 0 Å². The molecule has 1 aliphatic heterocycles. The van der Waals surface area contributed by atoms with E-state index in [4.69, 9.17) is 10.5 Å². The molecule has 3 rings (SSSR count). The van der Waals surface area contributed by atoms with Gasteiger partial charge < -0.3 is 15.4 Å². The van der Waals surface area contributed by atoms with Crippen molar-refractivity contribution in [1.29, 1.82) is 0 Å². The van der Waals surface area contributed by atoms with Crippen molar-refractivity contribution >= 4 is 11.8 Å². The van der Waals surface area contributed by atoms with Gasteiger partial charge in [0, 0.05) is 31.0 Å². The number of halogens is 2. The molecule has 7 heteroatoms. The van der Waals surface area contributed by atoms with Gasteiger partial charge in [-0.3, -0.25) is 9.59 Å². The van der Waals surface area contributed by atoms with E-state index in [9.17, 15) is 18.4 Å². The van der Waals surface area contributed by atoms with Crippen LogP contribution in [-0.2, 0) is 4.79 Å². The molecule has 0 spiro atoms. The summed E-state index contributed by atoms with van der Waals surface area (Å²) in [5, 5.41) is 0. The van der Waals surface area contributed by atoms with Gasteiger partial charge in [-0.05, 0) is 37.1 Å². The van der Waals surface area contributed by atoms with E-state index in [-0.39, 0.29) is 25.1 Å². The highest BCUT2D eigenvalue weighted by Crippen LogP contribution is 2.35. The number of carbonyl (C=O) groups is 2. The Morgan fingerprint density at radius 3 is 2.57 bits per heavy atom.